The molecule has 0 atom stereocenters. The van der Waals surface area contributed by atoms with Crippen LogP contribution < -0.4 is 4.74 Å². The van der Waals surface area contributed by atoms with Crippen LogP contribution in [0.25, 0.3) is 0 Å². The normalized spacial score (nSPS) is 10.8. The Hall–Kier alpha value is -0.960. The summed E-state index contributed by atoms with van der Waals surface area (Å²) in [5, 5.41) is 8.88. The largest absolute Gasteiger partial charge is 0.492 e. The molecule has 0 aliphatic rings. The van der Waals surface area contributed by atoms with Crippen molar-refractivity contribution in [2.24, 2.45) is 0 Å². The molecule has 0 bridgehead atoms. The molecule has 16 heavy (non-hydrogen) atoms. The van der Waals surface area contributed by atoms with Crippen molar-refractivity contribution in [3.05, 3.63) is 28.8 Å². The number of nitrogens with zero attached hydrogens (tertiary/aromatic N) is 1. The van der Waals surface area contributed by atoms with Gasteiger partial charge in [-0.3, -0.25) is 0 Å². The molecule has 0 spiro atoms. The molecular formula is C9H7Cl2NO3S. The van der Waals surface area contributed by atoms with Crippen LogP contribution in [0.1, 0.15) is 5.56 Å². The number of halogens is 2. The highest BCUT2D eigenvalue weighted by Gasteiger charge is 2.06. The van der Waals surface area contributed by atoms with E-state index in [0.717, 1.165) is 0 Å². The molecule has 7 heteroatoms. The minimum atomic E-state index is -3.56. The second-order valence-corrected chi connectivity index (χ2v) is 6.15. The Morgan fingerprint density at radius 2 is 2.12 bits per heavy atom. The van der Waals surface area contributed by atoms with Gasteiger partial charge in [0.25, 0.3) is 0 Å². The monoisotopic (exact) mass is 279 g/mol. The lowest BCUT2D eigenvalue weighted by Crippen LogP contribution is -2.08. The Morgan fingerprint density at radius 1 is 1.44 bits per heavy atom. The summed E-state index contributed by atoms with van der Waals surface area (Å²) in [7, 11) is 1.45. The zero-order chi connectivity index (χ0) is 12.2. The molecule has 0 saturated carbocycles. The van der Waals surface area contributed by atoms with Crippen LogP contribution in [0, 0.1) is 11.3 Å². The van der Waals surface area contributed by atoms with Crippen LogP contribution in [0.5, 0.6) is 5.75 Å². The standard InChI is InChI=1S/C9H7Cl2NO3S/c10-9-5-8(2-1-7(9)6-12)15-3-4-16(11,13)14/h1-2,5H,3-4H2. The Balaban J connectivity index is 2.63. The maximum absolute atomic E-state index is 10.6. The molecule has 0 unspecified atom stereocenters. The predicted molar refractivity (Wildman–Crippen MR) is 61.3 cm³/mol. The van der Waals surface area contributed by atoms with Gasteiger partial charge in [-0.1, -0.05) is 11.6 Å². The molecule has 0 heterocycles. The van der Waals surface area contributed by atoms with Crippen molar-refractivity contribution >= 4 is 31.3 Å². The SMILES string of the molecule is N#Cc1ccc(OCCS(=O)(=O)Cl)cc1Cl. The summed E-state index contributed by atoms with van der Waals surface area (Å²) in [6, 6.07) is 6.37. The van der Waals surface area contributed by atoms with E-state index < -0.39 is 9.05 Å². The quantitative estimate of drug-likeness (QED) is 0.792. The number of hydrogen-bond donors (Lipinski definition) is 0. The molecule has 0 radical (unpaired) electrons. The molecule has 86 valence electrons. The topological polar surface area (TPSA) is 67.2 Å². The Bertz CT molecular complexity index is 522. The number of hydrogen-bond acceptors (Lipinski definition) is 4. The minimum absolute atomic E-state index is 0.0614. The first-order valence-electron chi connectivity index (χ1n) is 4.17. The first kappa shape index (κ1) is 13.1. The van der Waals surface area contributed by atoms with Gasteiger partial charge < -0.3 is 4.74 Å². The van der Waals surface area contributed by atoms with Gasteiger partial charge in [-0.05, 0) is 12.1 Å². The third kappa shape index (κ3) is 4.27. The number of nitriles is 1. The van der Waals surface area contributed by atoms with Crippen LogP contribution in [0.3, 0.4) is 0 Å². The highest BCUT2D eigenvalue weighted by Crippen LogP contribution is 2.21. The third-order valence-electron chi connectivity index (χ3n) is 1.66. The molecule has 0 saturated heterocycles. The maximum Gasteiger partial charge on any atom is 0.235 e. The van der Waals surface area contributed by atoms with E-state index in [9.17, 15) is 8.42 Å². The Labute approximate surface area is 103 Å². The van der Waals surface area contributed by atoms with Crippen molar-refractivity contribution in [1.82, 2.24) is 0 Å². The zero-order valence-corrected chi connectivity index (χ0v) is 10.3. The van der Waals surface area contributed by atoms with E-state index in [4.69, 9.17) is 32.3 Å². The van der Waals surface area contributed by atoms with Gasteiger partial charge in [0.1, 0.15) is 18.4 Å². The second-order valence-electron chi connectivity index (χ2n) is 2.84. The van der Waals surface area contributed by atoms with Crippen molar-refractivity contribution in [3.63, 3.8) is 0 Å². The first-order valence-corrected chi connectivity index (χ1v) is 7.03. The molecule has 0 amide bonds. The lowest BCUT2D eigenvalue weighted by molar-refractivity contribution is 0.341. The van der Waals surface area contributed by atoms with E-state index in [1.165, 1.54) is 18.2 Å². The smallest absolute Gasteiger partial charge is 0.235 e. The maximum atomic E-state index is 10.6. The average Bonchev–Trinajstić information content (AvgIpc) is 2.16. The Morgan fingerprint density at radius 3 is 2.62 bits per heavy atom. The Kier molecular flexibility index (Phi) is 4.42. The van der Waals surface area contributed by atoms with Crippen molar-refractivity contribution in [3.8, 4) is 11.8 Å². The molecule has 0 aromatic heterocycles. The molecule has 0 fully saturated rings. The van der Waals surface area contributed by atoms with Crippen LogP contribution in [-0.2, 0) is 9.05 Å². The summed E-state index contributed by atoms with van der Waals surface area (Å²) >= 11 is 5.75. The summed E-state index contributed by atoms with van der Waals surface area (Å²) in [5.41, 5.74) is 0.332. The van der Waals surface area contributed by atoms with Gasteiger partial charge in [0.05, 0.1) is 16.3 Å². The zero-order valence-electron chi connectivity index (χ0n) is 7.98. The van der Waals surface area contributed by atoms with Gasteiger partial charge in [0.15, 0.2) is 0 Å². The highest BCUT2D eigenvalue weighted by molar-refractivity contribution is 8.13. The van der Waals surface area contributed by atoms with E-state index in [2.05, 4.69) is 0 Å². The lowest BCUT2D eigenvalue weighted by atomic mass is 10.2. The molecule has 1 rings (SSSR count). The fourth-order valence-electron chi connectivity index (χ4n) is 0.935. The van der Waals surface area contributed by atoms with Crippen LogP contribution in [-0.4, -0.2) is 20.8 Å². The fraction of sp³-hybridized carbons (Fsp3) is 0.222. The van der Waals surface area contributed by atoms with Crippen LogP contribution in [0.2, 0.25) is 5.02 Å². The molecule has 1 aromatic rings. The van der Waals surface area contributed by atoms with Crippen molar-refractivity contribution in [2.45, 2.75) is 0 Å². The van der Waals surface area contributed by atoms with Crippen molar-refractivity contribution in [1.29, 1.82) is 5.26 Å². The number of benzene rings is 1. The third-order valence-corrected chi connectivity index (χ3v) is 3.09. The number of ether oxygens (including phenoxy) is 1. The van der Waals surface area contributed by atoms with Gasteiger partial charge in [-0.25, -0.2) is 8.42 Å². The molecular weight excluding hydrogens is 273 g/mol. The van der Waals surface area contributed by atoms with Gasteiger partial charge >= 0.3 is 0 Å². The van der Waals surface area contributed by atoms with E-state index in [1.54, 1.807) is 0 Å². The van der Waals surface area contributed by atoms with E-state index in [-0.39, 0.29) is 17.4 Å². The van der Waals surface area contributed by atoms with Crippen LogP contribution in [0.4, 0.5) is 0 Å². The second kappa shape index (κ2) is 5.39. The van der Waals surface area contributed by atoms with E-state index >= 15 is 0 Å². The summed E-state index contributed by atoms with van der Waals surface area (Å²) in [4.78, 5) is 0. The highest BCUT2D eigenvalue weighted by atomic mass is 35.7. The molecule has 4 nitrogen and oxygen atoms in total. The first-order chi connectivity index (χ1) is 7.42. The molecule has 0 aliphatic heterocycles. The summed E-state index contributed by atoms with van der Waals surface area (Å²) in [6.45, 7) is -0.0614. The van der Waals surface area contributed by atoms with Gasteiger partial charge in [0.2, 0.25) is 9.05 Å². The van der Waals surface area contributed by atoms with Gasteiger partial charge in [-0.2, -0.15) is 5.26 Å². The average molecular weight is 280 g/mol. The van der Waals surface area contributed by atoms with Gasteiger partial charge in [-0.15, -0.1) is 0 Å². The summed E-state index contributed by atoms with van der Waals surface area (Å²) < 4.78 is 26.3. The minimum Gasteiger partial charge on any atom is -0.492 e. The molecule has 0 N–H and O–H groups in total. The molecule has 0 aliphatic carbocycles. The summed E-state index contributed by atoms with van der Waals surface area (Å²) in [6.07, 6.45) is 0. The summed E-state index contributed by atoms with van der Waals surface area (Å²) in [5.74, 6) is 0.107. The predicted octanol–water partition coefficient (Wildman–Crippen LogP) is 2.16. The van der Waals surface area contributed by atoms with Crippen LogP contribution in [0.15, 0.2) is 18.2 Å². The van der Waals surface area contributed by atoms with E-state index in [1.807, 2.05) is 6.07 Å². The fourth-order valence-corrected chi connectivity index (χ4v) is 1.62. The van der Waals surface area contributed by atoms with E-state index in [0.29, 0.717) is 11.3 Å². The van der Waals surface area contributed by atoms with Crippen molar-refractivity contribution < 1.29 is 13.2 Å². The molecule has 1 aromatic carbocycles. The van der Waals surface area contributed by atoms with Crippen LogP contribution >= 0.6 is 22.3 Å². The van der Waals surface area contributed by atoms with Gasteiger partial charge in [0, 0.05) is 16.7 Å². The number of rotatable bonds is 4. The van der Waals surface area contributed by atoms with Crippen molar-refractivity contribution in [2.75, 3.05) is 12.4 Å². The lowest BCUT2D eigenvalue weighted by Gasteiger charge is -2.05.